The fourth-order valence-electron chi connectivity index (χ4n) is 4.19. The summed E-state index contributed by atoms with van der Waals surface area (Å²) in [6.07, 6.45) is 13.0. The molecule has 0 bridgehead atoms. The third-order valence-electron chi connectivity index (χ3n) is 6.60. The van der Waals surface area contributed by atoms with Gasteiger partial charge in [-0.2, -0.15) is 0 Å². The second-order valence-electron chi connectivity index (χ2n) is 9.34. The summed E-state index contributed by atoms with van der Waals surface area (Å²) in [7, 11) is 0. The molecule has 0 saturated heterocycles. The number of hydrogen-bond acceptors (Lipinski definition) is 3. The van der Waals surface area contributed by atoms with E-state index in [2.05, 4.69) is 60.5 Å². The van der Waals surface area contributed by atoms with Crippen LogP contribution >= 0.6 is 0 Å². The molecule has 0 spiro atoms. The van der Waals surface area contributed by atoms with Crippen molar-refractivity contribution in [3.8, 4) is 5.75 Å². The van der Waals surface area contributed by atoms with Crippen LogP contribution in [0.25, 0.3) is 35.1 Å². The molecule has 5 heteroatoms. The van der Waals surface area contributed by atoms with Crippen molar-refractivity contribution in [2.24, 2.45) is 5.92 Å². The molecule has 0 saturated carbocycles. The first kappa shape index (κ1) is 26.0. The molecule has 1 heterocycles. The van der Waals surface area contributed by atoms with Crippen molar-refractivity contribution in [2.45, 2.75) is 39.5 Å². The first-order valence-corrected chi connectivity index (χ1v) is 13.0. The summed E-state index contributed by atoms with van der Waals surface area (Å²) in [5.74, 6) is 1.55. The number of nitrogens with one attached hydrogen (secondary N) is 2. The van der Waals surface area contributed by atoms with Gasteiger partial charge in [-0.1, -0.05) is 99.9 Å². The third-order valence-corrected chi connectivity index (χ3v) is 6.60. The average molecular weight is 495 g/mol. The number of benzene rings is 3. The van der Waals surface area contributed by atoms with Crippen LogP contribution in [0.15, 0.2) is 76.3 Å². The van der Waals surface area contributed by atoms with Gasteiger partial charge in [0.2, 0.25) is 0 Å². The Bertz CT molecular complexity index is 1480. The molecule has 2 N–H and O–H groups in total. The van der Waals surface area contributed by atoms with Gasteiger partial charge in [-0.25, -0.2) is 0 Å². The lowest BCUT2D eigenvalue weighted by atomic mass is 10.0. The molecule has 190 valence electrons. The van der Waals surface area contributed by atoms with Crippen LogP contribution in [0.5, 0.6) is 5.75 Å². The van der Waals surface area contributed by atoms with Crippen LogP contribution < -0.4 is 15.9 Å². The van der Waals surface area contributed by atoms with Crippen molar-refractivity contribution in [3.63, 3.8) is 0 Å². The zero-order chi connectivity index (χ0) is 26.0. The van der Waals surface area contributed by atoms with Gasteiger partial charge in [-0.3, -0.25) is 19.8 Å². The van der Waals surface area contributed by atoms with E-state index >= 15 is 0 Å². The van der Waals surface area contributed by atoms with Crippen LogP contribution in [0.4, 0.5) is 0 Å². The van der Waals surface area contributed by atoms with Crippen molar-refractivity contribution in [1.29, 1.82) is 0 Å². The highest BCUT2D eigenvalue weighted by molar-refractivity contribution is 5.84. The Balaban J connectivity index is 1.34. The predicted octanol–water partition coefficient (Wildman–Crippen LogP) is 7.15. The first-order chi connectivity index (χ1) is 18.1. The van der Waals surface area contributed by atoms with Gasteiger partial charge in [0.25, 0.3) is 11.1 Å². The summed E-state index contributed by atoms with van der Waals surface area (Å²) >= 11 is 0. The Labute approximate surface area is 217 Å². The summed E-state index contributed by atoms with van der Waals surface area (Å²) in [4.78, 5) is 23.9. The van der Waals surface area contributed by atoms with E-state index < -0.39 is 0 Å². The minimum atomic E-state index is -0.310. The molecule has 4 rings (SSSR count). The highest BCUT2D eigenvalue weighted by atomic mass is 16.5. The lowest BCUT2D eigenvalue weighted by Gasteiger charge is -2.15. The van der Waals surface area contributed by atoms with E-state index in [0.29, 0.717) is 16.7 Å². The van der Waals surface area contributed by atoms with Crippen LogP contribution in [0.2, 0.25) is 0 Å². The standard InChI is InChI=1S/C32H34N2O3/c1-3-5-6-23(4-2)22-37-28-18-15-26(16-19-28)12-11-24-7-9-25(10-8-24)13-14-27-17-20-29-30(21-27)32(36)34-33-31(29)35/h7-21,23H,3-6,22H2,1-2H3,(H,33,35)(H,34,36)/b12-11+,14-13+. The number of H-pyrrole nitrogens is 2. The molecule has 3 aromatic carbocycles. The number of ether oxygens (including phenoxy) is 1. The molecule has 0 amide bonds. The van der Waals surface area contributed by atoms with Crippen molar-refractivity contribution < 1.29 is 4.74 Å². The molecule has 0 aliphatic carbocycles. The molecule has 37 heavy (non-hydrogen) atoms. The van der Waals surface area contributed by atoms with Crippen molar-refractivity contribution in [3.05, 3.63) is 110 Å². The van der Waals surface area contributed by atoms with E-state index in [9.17, 15) is 9.59 Å². The summed E-state index contributed by atoms with van der Waals surface area (Å²) in [6.45, 7) is 5.25. The van der Waals surface area contributed by atoms with E-state index in [1.54, 1.807) is 12.1 Å². The van der Waals surface area contributed by atoms with E-state index in [4.69, 9.17) is 4.74 Å². The summed E-state index contributed by atoms with van der Waals surface area (Å²) in [6, 6.07) is 21.7. The van der Waals surface area contributed by atoms with Gasteiger partial charge in [-0.05, 0) is 58.9 Å². The Morgan fingerprint density at radius 2 is 1.22 bits per heavy atom. The van der Waals surface area contributed by atoms with Crippen LogP contribution in [0.1, 0.15) is 61.8 Å². The van der Waals surface area contributed by atoms with E-state index in [1.165, 1.54) is 19.3 Å². The van der Waals surface area contributed by atoms with Crippen molar-refractivity contribution >= 4 is 35.1 Å². The molecule has 0 aliphatic rings. The third kappa shape index (κ3) is 7.20. The van der Waals surface area contributed by atoms with E-state index in [-0.39, 0.29) is 11.1 Å². The largest absolute Gasteiger partial charge is 0.493 e. The summed E-state index contributed by atoms with van der Waals surface area (Å²) < 4.78 is 6.01. The molecule has 0 fully saturated rings. The number of fused-ring (bicyclic) bond motifs is 1. The molecule has 1 unspecified atom stereocenters. The van der Waals surface area contributed by atoms with Gasteiger partial charge in [0, 0.05) is 0 Å². The Kier molecular flexibility index (Phi) is 8.93. The average Bonchev–Trinajstić information content (AvgIpc) is 2.94. The smallest absolute Gasteiger partial charge is 0.270 e. The molecule has 1 atom stereocenters. The normalized spacial score (nSPS) is 12.5. The second kappa shape index (κ2) is 12.7. The zero-order valence-electron chi connectivity index (χ0n) is 21.5. The quantitative estimate of drug-likeness (QED) is 0.217. The topological polar surface area (TPSA) is 75.0 Å². The number of aromatic amines is 2. The summed E-state index contributed by atoms with van der Waals surface area (Å²) in [5, 5.41) is 5.47. The van der Waals surface area contributed by atoms with Gasteiger partial charge in [0.05, 0.1) is 17.4 Å². The number of rotatable bonds is 11. The van der Waals surface area contributed by atoms with Gasteiger partial charge in [0.1, 0.15) is 5.75 Å². The first-order valence-electron chi connectivity index (χ1n) is 13.0. The lowest BCUT2D eigenvalue weighted by Crippen LogP contribution is -2.18. The minimum Gasteiger partial charge on any atom is -0.493 e. The minimum absolute atomic E-state index is 0.305. The van der Waals surface area contributed by atoms with Crippen molar-refractivity contribution in [1.82, 2.24) is 10.2 Å². The number of unbranched alkanes of at least 4 members (excludes halogenated alkanes) is 1. The number of hydrogen-bond donors (Lipinski definition) is 2. The zero-order valence-corrected chi connectivity index (χ0v) is 21.5. The van der Waals surface area contributed by atoms with Crippen LogP contribution in [-0.2, 0) is 0 Å². The summed E-state index contributed by atoms with van der Waals surface area (Å²) in [5.41, 5.74) is 3.51. The molecule has 0 aliphatic heterocycles. The predicted molar refractivity (Wildman–Crippen MR) is 155 cm³/mol. The SMILES string of the molecule is CCCCC(CC)COc1ccc(/C=C/c2ccc(/C=C/c3ccc4c(=O)[nH][nH]c(=O)c4c3)cc2)cc1. The molecular formula is C32H34N2O3. The molecular weight excluding hydrogens is 460 g/mol. The van der Waals surface area contributed by atoms with Crippen LogP contribution in [0.3, 0.4) is 0 Å². The molecule has 4 aromatic rings. The van der Waals surface area contributed by atoms with Crippen molar-refractivity contribution in [2.75, 3.05) is 6.61 Å². The maximum absolute atomic E-state index is 12.0. The maximum atomic E-state index is 12.0. The van der Waals surface area contributed by atoms with Crippen LogP contribution in [-0.4, -0.2) is 16.8 Å². The van der Waals surface area contributed by atoms with Gasteiger partial charge in [-0.15, -0.1) is 0 Å². The Hall–Kier alpha value is -4.12. The highest BCUT2D eigenvalue weighted by Crippen LogP contribution is 2.19. The van der Waals surface area contributed by atoms with E-state index in [1.807, 2.05) is 42.5 Å². The highest BCUT2D eigenvalue weighted by Gasteiger charge is 2.07. The van der Waals surface area contributed by atoms with Crippen LogP contribution in [0, 0.1) is 5.92 Å². The molecule has 0 radical (unpaired) electrons. The fourth-order valence-corrected chi connectivity index (χ4v) is 4.19. The van der Waals surface area contributed by atoms with Gasteiger partial charge < -0.3 is 4.74 Å². The molecule has 1 aromatic heterocycles. The van der Waals surface area contributed by atoms with E-state index in [0.717, 1.165) is 41.0 Å². The van der Waals surface area contributed by atoms with Gasteiger partial charge >= 0.3 is 0 Å². The molecule has 5 nitrogen and oxygen atoms in total. The lowest BCUT2D eigenvalue weighted by molar-refractivity contribution is 0.233. The Morgan fingerprint density at radius 3 is 1.78 bits per heavy atom. The van der Waals surface area contributed by atoms with Gasteiger partial charge in [0.15, 0.2) is 0 Å². The number of aromatic nitrogens is 2. The second-order valence-corrected chi connectivity index (χ2v) is 9.34. The maximum Gasteiger partial charge on any atom is 0.270 e. The fraction of sp³-hybridized carbons (Fsp3) is 0.250. The Morgan fingerprint density at radius 1 is 0.703 bits per heavy atom. The monoisotopic (exact) mass is 494 g/mol.